The van der Waals surface area contributed by atoms with Crippen molar-refractivity contribution in [1.82, 2.24) is 4.73 Å². The van der Waals surface area contributed by atoms with Gasteiger partial charge in [0.05, 0.1) is 16.2 Å². The molecule has 0 fully saturated rings. The number of nitrogens with zero attached hydrogens (tertiary/aromatic N) is 1. The summed E-state index contributed by atoms with van der Waals surface area (Å²) in [4.78, 5) is 0. The second kappa shape index (κ2) is 2.78. The molecule has 0 aromatic carbocycles. The van der Waals surface area contributed by atoms with Crippen LogP contribution in [-0.2, 0) is 0 Å². The van der Waals surface area contributed by atoms with E-state index in [2.05, 4.69) is 12.2 Å². The van der Waals surface area contributed by atoms with Crippen molar-refractivity contribution >= 4 is 35.4 Å². The summed E-state index contributed by atoms with van der Waals surface area (Å²) < 4.78 is 0.867. The minimum Gasteiger partial charge on any atom is -0.428 e. The van der Waals surface area contributed by atoms with Crippen molar-refractivity contribution in [3.8, 4) is 0 Å². The first-order chi connectivity index (χ1) is 4.61. The molecule has 0 bridgehead atoms. The Morgan fingerprint density at radius 3 is 2.60 bits per heavy atom. The number of rotatable bonds is 0. The first-order valence-corrected chi connectivity index (χ1v) is 3.54. The predicted molar refractivity (Wildman–Crippen MR) is 42.5 cm³/mol. The molecular formula is C5H3Cl2NOS. The molecule has 2 nitrogen and oxygen atoms in total. The Hall–Kier alpha value is -0.250. The average molecular weight is 196 g/mol. The van der Waals surface area contributed by atoms with Crippen molar-refractivity contribution in [3.63, 3.8) is 0 Å². The van der Waals surface area contributed by atoms with Gasteiger partial charge >= 0.3 is 0 Å². The molecule has 0 aliphatic rings. The van der Waals surface area contributed by atoms with Gasteiger partial charge in [0.1, 0.15) is 0 Å². The quantitative estimate of drug-likeness (QED) is 0.509. The van der Waals surface area contributed by atoms with Crippen LogP contribution in [0.4, 0.5) is 0 Å². The zero-order valence-corrected chi connectivity index (χ0v) is 7.04. The molecule has 1 rings (SSSR count). The molecule has 0 unspecified atom stereocenters. The third kappa shape index (κ3) is 1.42. The van der Waals surface area contributed by atoms with Gasteiger partial charge in [-0.05, 0) is 6.07 Å². The highest BCUT2D eigenvalue weighted by Crippen LogP contribution is 2.16. The summed E-state index contributed by atoms with van der Waals surface area (Å²) in [6.07, 6.45) is 1.27. The van der Waals surface area contributed by atoms with E-state index in [4.69, 9.17) is 28.4 Å². The summed E-state index contributed by atoms with van der Waals surface area (Å²) in [6, 6.07) is 1.47. The van der Waals surface area contributed by atoms with Crippen molar-refractivity contribution in [3.05, 3.63) is 26.9 Å². The van der Waals surface area contributed by atoms with E-state index in [1.54, 1.807) is 0 Å². The van der Waals surface area contributed by atoms with E-state index >= 15 is 0 Å². The minimum absolute atomic E-state index is 0.158. The fraction of sp³-hybridized carbons (Fsp3) is 0. The Morgan fingerprint density at radius 2 is 2.10 bits per heavy atom. The number of hydrogen-bond donors (Lipinski definition) is 1. The molecule has 10 heavy (non-hydrogen) atoms. The van der Waals surface area contributed by atoms with E-state index in [9.17, 15) is 0 Å². The van der Waals surface area contributed by atoms with Crippen LogP contribution in [-0.4, -0.2) is 9.94 Å². The number of hydrogen-bond acceptors (Lipinski definition) is 2. The van der Waals surface area contributed by atoms with Gasteiger partial charge in [0, 0.05) is 0 Å². The summed E-state index contributed by atoms with van der Waals surface area (Å²) in [5.74, 6) is 0. The Balaban J connectivity index is 3.46. The Labute approximate surface area is 72.6 Å². The van der Waals surface area contributed by atoms with E-state index in [0.29, 0.717) is 9.75 Å². The topological polar surface area (TPSA) is 25.2 Å². The van der Waals surface area contributed by atoms with E-state index in [0.717, 1.165) is 0 Å². The van der Waals surface area contributed by atoms with Gasteiger partial charge in [-0.1, -0.05) is 35.4 Å². The lowest BCUT2D eigenvalue weighted by Crippen LogP contribution is -1.92. The van der Waals surface area contributed by atoms with Crippen molar-refractivity contribution in [2.45, 2.75) is 0 Å². The maximum absolute atomic E-state index is 8.92. The van der Waals surface area contributed by atoms with Gasteiger partial charge in [-0.25, -0.2) is 0 Å². The molecule has 0 saturated carbocycles. The Morgan fingerprint density at radius 1 is 1.50 bits per heavy atom. The van der Waals surface area contributed by atoms with Crippen molar-refractivity contribution in [1.29, 1.82) is 0 Å². The standard InChI is InChI=1S/C5H3Cl2NOS/c6-3-1-4(7)5(10)8(9)2-3/h1-2,9H. The molecule has 1 aromatic rings. The molecule has 1 aromatic heterocycles. The highest BCUT2D eigenvalue weighted by atomic mass is 35.5. The van der Waals surface area contributed by atoms with Gasteiger partial charge in [0.2, 0.25) is 0 Å². The van der Waals surface area contributed by atoms with Crippen LogP contribution in [0.25, 0.3) is 0 Å². The molecule has 1 heterocycles. The monoisotopic (exact) mass is 195 g/mol. The first kappa shape index (κ1) is 7.85. The molecule has 54 valence electrons. The van der Waals surface area contributed by atoms with Gasteiger partial charge in [-0.2, -0.15) is 4.73 Å². The van der Waals surface area contributed by atoms with Crippen LogP contribution < -0.4 is 0 Å². The van der Waals surface area contributed by atoms with Crippen LogP contribution in [0.3, 0.4) is 0 Å². The van der Waals surface area contributed by atoms with Gasteiger partial charge in [0.15, 0.2) is 4.64 Å². The summed E-state index contributed by atoms with van der Waals surface area (Å²) in [7, 11) is 0. The minimum atomic E-state index is 0.158. The van der Waals surface area contributed by atoms with Crippen molar-refractivity contribution in [2.24, 2.45) is 0 Å². The molecule has 5 heteroatoms. The highest BCUT2D eigenvalue weighted by Gasteiger charge is 1.96. The smallest absolute Gasteiger partial charge is 0.160 e. The van der Waals surface area contributed by atoms with E-state index < -0.39 is 0 Å². The summed E-state index contributed by atoms with van der Waals surface area (Å²) in [5.41, 5.74) is 0. The third-order valence-corrected chi connectivity index (χ3v) is 1.94. The van der Waals surface area contributed by atoms with E-state index in [-0.39, 0.29) is 9.66 Å². The van der Waals surface area contributed by atoms with Gasteiger partial charge in [-0.3, -0.25) is 0 Å². The Kier molecular flexibility index (Phi) is 2.18. The molecule has 0 spiro atoms. The van der Waals surface area contributed by atoms with Crippen LogP contribution in [0.2, 0.25) is 10.0 Å². The number of aromatic nitrogens is 1. The lowest BCUT2D eigenvalue weighted by Gasteiger charge is -1.98. The maximum atomic E-state index is 8.92. The molecule has 0 radical (unpaired) electrons. The van der Waals surface area contributed by atoms with Crippen LogP contribution in [0, 0.1) is 4.64 Å². The second-order valence-corrected chi connectivity index (χ2v) is 2.89. The summed E-state index contributed by atoms with van der Waals surface area (Å²) >= 11 is 15.7. The fourth-order valence-corrected chi connectivity index (χ4v) is 1.08. The van der Waals surface area contributed by atoms with Gasteiger partial charge in [-0.15, -0.1) is 0 Å². The predicted octanol–water partition coefficient (Wildman–Crippen LogP) is 2.76. The number of halogens is 2. The molecule has 0 amide bonds. The van der Waals surface area contributed by atoms with Crippen LogP contribution in [0.15, 0.2) is 12.3 Å². The van der Waals surface area contributed by atoms with E-state index in [1.807, 2.05) is 0 Å². The van der Waals surface area contributed by atoms with Crippen LogP contribution >= 0.6 is 35.4 Å². The normalized spacial score (nSPS) is 9.80. The lowest BCUT2D eigenvalue weighted by molar-refractivity contribution is 0.180. The van der Waals surface area contributed by atoms with E-state index in [1.165, 1.54) is 12.3 Å². The Bertz CT molecular complexity index is 283. The van der Waals surface area contributed by atoms with Crippen molar-refractivity contribution in [2.75, 3.05) is 0 Å². The molecule has 0 saturated heterocycles. The molecule has 0 aliphatic carbocycles. The SMILES string of the molecule is On1cc(Cl)cc(Cl)c1=S. The number of pyridine rings is 1. The second-order valence-electron chi connectivity index (χ2n) is 1.66. The third-order valence-electron chi connectivity index (χ3n) is 0.923. The van der Waals surface area contributed by atoms with Gasteiger partial charge < -0.3 is 5.21 Å². The molecule has 0 atom stereocenters. The van der Waals surface area contributed by atoms with Crippen molar-refractivity contribution < 1.29 is 5.21 Å². The zero-order valence-electron chi connectivity index (χ0n) is 4.71. The van der Waals surface area contributed by atoms with Crippen LogP contribution in [0.1, 0.15) is 0 Å². The van der Waals surface area contributed by atoms with Gasteiger partial charge in [0.25, 0.3) is 0 Å². The zero-order chi connectivity index (χ0) is 7.72. The molecular weight excluding hydrogens is 193 g/mol. The first-order valence-electron chi connectivity index (χ1n) is 2.38. The molecule has 0 aliphatic heterocycles. The lowest BCUT2D eigenvalue weighted by atomic mass is 10.5. The largest absolute Gasteiger partial charge is 0.428 e. The molecule has 1 N–H and O–H groups in total. The summed E-state index contributed by atoms with van der Waals surface area (Å²) in [5, 5.41) is 9.54. The average Bonchev–Trinajstić information content (AvgIpc) is 1.82. The fourth-order valence-electron chi connectivity index (χ4n) is 0.505. The maximum Gasteiger partial charge on any atom is 0.160 e. The highest BCUT2D eigenvalue weighted by molar-refractivity contribution is 7.71. The summed E-state index contributed by atoms with van der Waals surface area (Å²) in [6.45, 7) is 0. The van der Waals surface area contributed by atoms with Crippen LogP contribution in [0.5, 0.6) is 0 Å².